The van der Waals surface area contributed by atoms with Gasteiger partial charge in [-0.25, -0.2) is 4.79 Å². The van der Waals surface area contributed by atoms with Crippen LogP contribution in [0.15, 0.2) is 24.3 Å². The molecule has 0 spiro atoms. The smallest absolute Gasteiger partial charge is 0.416 e. The lowest BCUT2D eigenvalue weighted by atomic mass is 10.1. The van der Waals surface area contributed by atoms with Crippen molar-refractivity contribution < 1.29 is 32.3 Å². The minimum Gasteiger partial charge on any atom is -0.452 e. The van der Waals surface area contributed by atoms with E-state index in [1.807, 2.05) is 0 Å². The summed E-state index contributed by atoms with van der Waals surface area (Å²) in [5.74, 6) is -2.25. The first-order valence-corrected chi connectivity index (χ1v) is 6.96. The van der Waals surface area contributed by atoms with Crippen molar-refractivity contribution in [1.82, 2.24) is 5.32 Å². The second-order valence-electron chi connectivity index (χ2n) is 5.38. The monoisotopic (exact) mass is 346 g/mol. The number of urea groups is 1. The third-order valence-corrected chi connectivity index (χ3v) is 2.97. The van der Waals surface area contributed by atoms with Crippen LogP contribution in [0.25, 0.3) is 0 Å². The van der Waals surface area contributed by atoms with Crippen LogP contribution in [0.2, 0.25) is 0 Å². The Morgan fingerprint density at radius 1 is 1.25 bits per heavy atom. The number of carbonyl (C=O) groups excluding carboxylic acids is 3. The van der Waals surface area contributed by atoms with Gasteiger partial charge in [0, 0.05) is 0 Å². The maximum Gasteiger partial charge on any atom is 0.416 e. The van der Waals surface area contributed by atoms with Gasteiger partial charge in [0.05, 0.1) is 12.0 Å². The van der Waals surface area contributed by atoms with E-state index in [-0.39, 0.29) is 5.56 Å². The SMILES string of the molecule is CC(C)[C@@H](OC(=O)Cc1cccc(C(F)(F)F)c1)C(=O)NC(N)=O. The number of benzene rings is 1. The Hall–Kier alpha value is -2.58. The number of hydrogen-bond acceptors (Lipinski definition) is 4. The zero-order valence-electron chi connectivity index (χ0n) is 13.0. The molecule has 1 aromatic carbocycles. The molecule has 0 saturated heterocycles. The average molecular weight is 346 g/mol. The molecule has 0 fully saturated rings. The fourth-order valence-electron chi connectivity index (χ4n) is 1.89. The van der Waals surface area contributed by atoms with Gasteiger partial charge in [0.2, 0.25) is 0 Å². The van der Waals surface area contributed by atoms with Crippen LogP contribution >= 0.6 is 0 Å². The molecule has 0 aromatic heterocycles. The predicted octanol–water partition coefficient (Wildman–Crippen LogP) is 2.01. The lowest BCUT2D eigenvalue weighted by Crippen LogP contribution is -2.45. The van der Waals surface area contributed by atoms with E-state index in [1.165, 1.54) is 12.1 Å². The molecule has 1 rings (SSSR count). The van der Waals surface area contributed by atoms with E-state index in [4.69, 9.17) is 10.5 Å². The molecular formula is C15H17F3N2O4. The lowest BCUT2D eigenvalue weighted by Gasteiger charge is -2.20. The summed E-state index contributed by atoms with van der Waals surface area (Å²) in [7, 11) is 0. The maximum absolute atomic E-state index is 12.6. The summed E-state index contributed by atoms with van der Waals surface area (Å²) >= 11 is 0. The third-order valence-electron chi connectivity index (χ3n) is 2.97. The van der Waals surface area contributed by atoms with Crippen molar-refractivity contribution in [2.75, 3.05) is 0 Å². The van der Waals surface area contributed by atoms with Gasteiger partial charge in [0.25, 0.3) is 5.91 Å². The van der Waals surface area contributed by atoms with Crippen molar-refractivity contribution >= 4 is 17.9 Å². The van der Waals surface area contributed by atoms with Crippen LogP contribution in [0, 0.1) is 5.92 Å². The van der Waals surface area contributed by atoms with Gasteiger partial charge in [-0.05, 0) is 17.5 Å². The highest BCUT2D eigenvalue weighted by Gasteiger charge is 2.31. The number of amides is 3. The van der Waals surface area contributed by atoms with Crippen LogP contribution < -0.4 is 11.1 Å². The lowest BCUT2D eigenvalue weighted by molar-refractivity contribution is -0.157. The predicted molar refractivity (Wildman–Crippen MR) is 77.6 cm³/mol. The topological polar surface area (TPSA) is 98.5 Å². The molecule has 24 heavy (non-hydrogen) atoms. The van der Waals surface area contributed by atoms with E-state index in [0.717, 1.165) is 12.1 Å². The minimum absolute atomic E-state index is 0.0904. The van der Waals surface area contributed by atoms with Gasteiger partial charge in [-0.3, -0.25) is 14.9 Å². The van der Waals surface area contributed by atoms with Crippen LogP contribution in [-0.4, -0.2) is 24.0 Å². The largest absolute Gasteiger partial charge is 0.452 e. The Kier molecular flexibility index (Phi) is 6.33. The van der Waals surface area contributed by atoms with E-state index in [1.54, 1.807) is 19.2 Å². The van der Waals surface area contributed by atoms with Crippen molar-refractivity contribution in [3.8, 4) is 0 Å². The Morgan fingerprint density at radius 3 is 2.38 bits per heavy atom. The fraction of sp³-hybridized carbons (Fsp3) is 0.400. The normalized spacial score (nSPS) is 12.6. The van der Waals surface area contributed by atoms with E-state index >= 15 is 0 Å². The van der Waals surface area contributed by atoms with Crippen molar-refractivity contribution in [2.24, 2.45) is 11.7 Å². The molecule has 132 valence electrons. The summed E-state index contributed by atoms with van der Waals surface area (Å²) in [6.07, 6.45) is -6.26. The Morgan fingerprint density at radius 2 is 1.88 bits per heavy atom. The van der Waals surface area contributed by atoms with E-state index in [9.17, 15) is 27.6 Å². The molecule has 0 saturated carbocycles. The zero-order chi connectivity index (χ0) is 18.5. The minimum atomic E-state index is -4.53. The third kappa shape index (κ3) is 5.90. The summed E-state index contributed by atoms with van der Waals surface area (Å²) in [5.41, 5.74) is 4.03. The molecule has 0 aliphatic carbocycles. The number of imide groups is 1. The molecule has 0 bridgehead atoms. The van der Waals surface area contributed by atoms with Crippen molar-refractivity contribution in [3.05, 3.63) is 35.4 Å². The van der Waals surface area contributed by atoms with Gasteiger partial charge in [-0.1, -0.05) is 32.0 Å². The highest BCUT2D eigenvalue weighted by molar-refractivity contribution is 5.96. The first-order chi connectivity index (χ1) is 11.0. The number of hydrogen-bond donors (Lipinski definition) is 2. The molecule has 0 aliphatic heterocycles. The second-order valence-corrected chi connectivity index (χ2v) is 5.38. The molecule has 3 N–H and O–H groups in total. The highest BCUT2D eigenvalue weighted by atomic mass is 19.4. The second kappa shape index (κ2) is 7.80. The van der Waals surface area contributed by atoms with Crippen LogP contribution in [0.1, 0.15) is 25.0 Å². The number of nitrogens with one attached hydrogen (secondary N) is 1. The molecule has 0 heterocycles. The van der Waals surface area contributed by atoms with Gasteiger partial charge >= 0.3 is 18.2 Å². The van der Waals surface area contributed by atoms with Crippen LogP contribution in [0.4, 0.5) is 18.0 Å². The zero-order valence-corrected chi connectivity index (χ0v) is 13.0. The van der Waals surface area contributed by atoms with E-state index in [2.05, 4.69) is 0 Å². The Labute approximate surface area is 136 Å². The number of ether oxygens (including phenoxy) is 1. The molecule has 1 atom stereocenters. The van der Waals surface area contributed by atoms with Gasteiger partial charge in [-0.15, -0.1) is 0 Å². The summed E-state index contributed by atoms with van der Waals surface area (Å²) in [5, 5.41) is 1.80. The quantitative estimate of drug-likeness (QED) is 0.797. The van der Waals surface area contributed by atoms with Crippen molar-refractivity contribution in [3.63, 3.8) is 0 Å². The first-order valence-electron chi connectivity index (χ1n) is 6.96. The molecule has 0 radical (unpaired) electrons. The molecule has 6 nitrogen and oxygen atoms in total. The molecule has 1 aromatic rings. The highest BCUT2D eigenvalue weighted by Crippen LogP contribution is 2.29. The van der Waals surface area contributed by atoms with Crippen LogP contribution in [0.3, 0.4) is 0 Å². The average Bonchev–Trinajstić information content (AvgIpc) is 2.43. The number of esters is 1. The number of nitrogens with two attached hydrogens (primary N) is 1. The van der Waals surface area contributed by atoms with Crippen LogP contribution in [-0.2, 0) is 26.9 Å². The first kappa shape index (κ1) is 19.5. The number of carbonyl (C=O) groups is 3. The van der Waals surface area contributed by atoms with Crippen molar-refractivity contribution in [2.45, 2.75) is 32.5 Å². The van der Waals surface area contributed by atoms with Crippen LogP contribution in [0.5, 0.6) is 0 Å². The number of alkyl halides is 3. The summed E-state index contributed by atoms with van der Waals surface area (Å²) in [6.45, 7) is 3.14. The summed E-state index contributed by atoms with van der Waals surface area (Å²) in [6, 6.07) is 3.12. The van der Waals surface area contributed by atoms with Gasteiger partial charge < -0.3 is 10.5 Å². The fourth-order valence-corrected chi connectivity index (χ4v) is 1.89. The van der Waals surface area contributed by atoms with Crippen molar-refractivity contribution in [1.29, 1.82) is 0 Å². The molecule has 9 heteroatoms. The Balaban J connectivity index is 2.80. The van der Waals surface area contributed by atoms with Gasteiger partial charge in [-0.2, -0.15) is 13.2 Å². The number of primary amides is 1. The molecule has 3 amide bonds. The van der Waals surface area contributed by atoms with E-state index < -0.39 is 48.1 Å². The van der Waals surface area contributed by atoms with Gasteiger partial charge in [0.15, 0.2) is 6.10 Å². The van der Waals surface area contributed by atoms with E-state index in [0.29, 0.717) is 0 Å². The summed E-state index contributed by atoms with van der Waals surface area (Å²) < 4.78 is 42.9. The molecule has 0 unspecified atom stereocenters. The van der Waals surface area contributed by atoms with Gasteiger partial charge in [0.1, 0.15) is 0 Å². The molecule has 0 aliphatic rings. The number of halogens is 3. The number of rotatable bonds is 5. The Bertz CT molecular complexity index is 629. The maximum atomic E-state index is 12.6. The molecular weight excluding hydrogens is 329 g/mol. The standard InChI is InChI=1S/C15H17F3N2O4/c1-8(2)12(13(22)20-14(19)23)24-11(21)7-9-4-3-5-10(6-9)15(16,17)18/h3-6,8,12H,7H2,1-2H3,(H3,19,20,22,23)/t12-/m1/s1. The summed E-state index contributed by atoms with van der Waals surface area (Å²) in [4.78, 5) is 34.3.